The van der Waals surface area contributed by atoms with Crippen LogP contribution in [0, 0.1) is 0 Å². The summed E-state index contributed by atoms with van der Waals surface area (Å²) in [6.07, 6.45) is 1.44. The van der Waals surface area contributed by atoms with E-state index in [-0.39, 0.29) is 11.5 Å². The first-order valence-electron chi connectivity index (χ1n) is 8.60. The lowest BCUT2D eigenvalue weighted by molar-refractivity contribution is 0.0844. The monoisotopic (exact) mass is 377 g/mol. The van der Waals surface area contributed by atoms with Crippen LogP contribution in [-0.4, -0.2) is 22.6 Å². The largest absolute Gasteiger partial charge is 0.489 e. The molecule has 1 aromatic heterocycles. The number of Topliss-reactive ketones (excluding diaryl/α,β-unsaturated/α-hetero) is 1. The van der Waals surface area contributed by atoms with E-state index in [4.69, 9.17) is 4.74 Å². The van der Waals surface area contributed by atoms with E-state index in [0.717, 1.165) is 11.3 Å². The Kier molecular flexibility index (Phi) is 5.86. The van der Waals surface area contributed by atoms with Crippen LogP contribution in [0.1, 0.15) is 43.7 Å². The summed E-state index contributed by atoms with van der Waals surface area (Å²) in [7, 11) is 0. The van der Waals surface area contributed by atoms with Crippen LogP contribution in [0.2, 0.25) is 0 Å². The summed E-state index contributed by atoms with van der Waals surface area (Å²) >= 11 is 0. The molecule has 0 saturated heterocycles. The van der Waals surface area contributed by atoms with Crippen molar-refractivity contribution >= 4 is 17.6 Å². The summed E-state index contributed by atoms with van der Waals surface area (Å²) in [6.45, 7) is 1.79. The molecule has 28 heavy (non-hydrogen) atoms. The Balaban J connectivity index is 1.51. The Labute approximate surface area is 161 Å². The number of ether oxygens (including phenoxy) is 1. The molecule has 142 valence electrons. The Hall–Kier alpha value is -3.87. The van der Waals surface area contributed by atoms with Crippen LogP contribution in [0.4, 0.5) is 0 Å². The summed E-state index contributed by atoms with van der Waals surface area (Å²) in [5, 5.41) is 0. The molecule has 0 atom stereocenters. The molecular formula is C21H19N3O4. The molecule has 0 aliphatic rings. The predicted molar refractivity (Wildman–Crippen MR) is 103 cm³/mol. The zero-order valence-corrected chi connectivity index (χ0v) is 15.2. The number of hydrazine groups is 1. The molecule has 0 bridgehead atoms. The van der Waals surface area contributed by atoms with E-state index in [1.807, 2.05) is 30.3 Å². The lowest BCUT2D eigenvalue weighted by atomic mass is 10.1. The molecule has 3 N–H and O–H groups in total. The maximum atomic E-state index is 12.2. The van der Waals surface area contributed by atoms with Crippen molar-refractivity contribution in [1.82, 2.24) is 15.8 Å². The normalized spacial score (nSPS) is 10.2. The van der Waals surface area contributed by atoms with Gasteiger partial charge in [0.15, 0.2) is 5.78 Å². The smallest absolute Gasteiger partial charge is 0.286 e. The molecule has 0 fully saturated rings. The van der Waals surface area contributed by atoms with Gasteiger partial charge in [0.1, 0.15) is 18.1 Å². The average Bonchev–Trinajstić information content (AvgIpc) is 3.22. The molecular weight excluding hydrogens is 358 g/mol. The van der Waals surface area contributed by atoms with E-state index >= 15 is 0 Å². The number of aromatic amines is 1. The third kappa shape index (κ3) is 4.85. The Morgan fingerprint density at radius 2 is 1.57 bits per heavy atom. The topological polar surface area (TPSA) is 100 Å². The fourth-order valence-electron chi connectivity index (χ4n) is 2.42. The first-order chi connectivity index (χ1) is 13.5. The van der Waals surface area contributed by atoms with Crippen LogP contribution in [0.3, 0.4) is 0 Å². The third-order valence-electron chi connectivity index (χ3n) is 3.99. The molecule has 0 unspecified atom stereocenters. The summed E-state index contributed by atoms with van der Waals surface area (Å²) in [4.78, 5) is 38.1. The molecule has 0 radical (unpaired) electrons. The predicted octanol–water partition coefficient (Wildman–Crippen LogP) is 2.87. The van der Waals surface area contributed by atoms with Gasteiger partial charge in [-0.15, -0.1) is 0 Å². The second-order valence-electron chi connectivity index (χ2n) is 6.07. The number of para-hydroxylation sites is 1. The lowest BCUT2D eigenvalue weighted by Gasteiger charge is -2.08. The number of aromatic nitrogens is 1. The van der Waals surface area contributed by atoms with Crippen molar-refractivity contribution in [2.75, 3.05) is 0 Å². The zero-order chi connectivity index (χ0) is 19.9. The van der Waals surface area contributed by atoms with Gasteiger partial charge in [0, 0.05) is 17.3 Å². The van der Waals surface area contributed by atoms with Gasteiger partial charge in [0.05, 0.1) is 0 Å². The number of H-pyrrole nitrogens is 1. The molecule has 3 rings (SSSR count). The maximum absolute atomic E-state index is 12.2. The van der Waals surface area contributed by atoms with Gasteiger partial charge in [-0.05, 0) is 42.8 Å². The van der Waals surface area contributed by atoms with Crippen molar-refractivity contribution in [3.8, 4) is 5.75 Å². The van der Waals surface area contributed by atoms with Crippen molar-refractivity contribution in [3.05, 3.63) is 89.2 Å². The van der Waals surface area contributed by atoms with E-state index in [9.17, 15) is 14.4 Å². The van der Waals surface area contributed by atoms with E-state index < -0.39 is 11.8 Å². The molecule has 0 saturated carbocycles. The summed E-state index contributed by atoms with van der Waals surface area (Å²) in [5.41, 5.74) is 6.51. The molecule has 2 amide bonds. The standard InChI is InChI=1S/C21H19N3O4/c1-14(25)17-11-19(22-12-17)21(27)24-23-20(26)16-9-7-15(8-10-16)13-28-18-5-3-2-4-6-18/h2-12,22H,13H2,1H3,(H,23,26)(H,24,27). The van der Waals surface area contributed by atoms with Gasteiger partial charge in [-0.1, -0.05) is 30.3 Å². The minimum absolute atomic E-state index is 0.157. The molecule has 7 heteroatoms. The van der Waals surface area contributed by atoms with Crippen LogP contribution in [0.25, 0.3) is 0 Å². The van der Waals surface area contributed by atoms with Crippen molar-refractivity contribution in [2.45, 2.75) is 13.5 Å². The van der Waals surface area contributed by atoms with E-state index in [0.29, 0.717) is 17.7 Å². The molecule has 0 aliphatic carbocycles. The van der Waals surface area contributed by atoms with Crippen LogP contribution in [-0.2, 0) is 6.61 Å². The van der Waals surface area contributed by atoms with Gasteiger partial charge >= 0.3 is 0 Å². The first-order valence-corrected chi connectivity index (χ1v) is 8.60. The average molecular weight is 377 g/mol. The zero-order valence-electron chi connectivity index (χ0n) is 15.2. The molecule has 0 aliphatic heterocycles. The molecule has 0 spiro atoms. The van der Waals surface area contributed by atoms with Crippen molar-refractivity contribution in [3.63, 3.8) is 0 Å². The van der Waals surface area contributed by atoms with Gasteiger partial charge in [0.25, 0.3) is 11.8 Å². The highest BCUT2D eigenvalue weighted by Crippen LogP contribution is 2.12. The number of benzene rings is 2. The lowest BCUT2D eigenvalue weighted by Crippen LogP contribution is -2.41. The highest BCUT2D eigenvalue weighted by molar-refractivity contribution is 6.00. The molecule has 3 aromatic rings. The Morgan fingerprint density at radius 1 is 0.893 bits per heavy atom. The fraction of sp³-hybridized carbons (Fsp3) is 0.0952. The van der Waals surface area contributed by atoms with Crippen molar-refractivity contribution < 1.29 is 19.1 Å². The number of rotatable bonds is 6. The molecule has 7 nitrogen and oxygen atoms in total. The highest BCUT2D eigenvalue weighted by Gasteiger charge is 2.12. The third-order valence-corrected chi connectivity index (χ3v) is 3.99. The maximum Gasteiger partial charge on any atom is 0.286 e. The first kappa shape index (κ1) is 18.9. The quantitative estimate of drug-likeness (QED) is 0.454. The summed E-state index contributed by atoms with van der Waals surface area (Å²) < 4.78 is 5.65. The van der Waals surface area contributed by atoms with Gasteiger partial charge in [-0.2, -0.15) is 0 Å². The number of carbonyl (C=O) groups excluding carboxylic acids is 3. The fourth-order valence-corrected chi connectivity index (χ4v) is 2.42. The summed E-state index contributed by atoms with van der Waals surface area (Å²) in [6, 6.07) is 17.7. The van der Waals surface area contributed by atoms with Gasteiger partial charge in [-0.3, -0.25) is 25.2 Å². The minimum atomic E-state index is -0.547. The molecule has 1 heterocycles. The highest BCUT2D eigenvalue weighted by atomic mass is 16.5. The van der Waals surface area contributed by atoms with Crippen LogP contribution in [0.15, 0.2) is 66.9 Å². The second-order valence-corrected chi connectivity index (χ2v) is 6.07. The minimum Gasteiger partial charge on any atom is -0.489 e. The SMILES string of the molecule is CC(=O)c1c[nH]c(C(=O)NNC(=O)c2ccc(COc3ccccc3)cc2)c1. The van der Waals surface area contributed by atoms with E-state index in [1.165, 1.54) is 19.2 Å². The number of amides is 2. The number of nitrogens with one attached hydrogen (secondary N) is 3. The van der Waals surface area contributed by atoms with Crippen LogP contribution in [0.5, 0.6) is 5.75 Å². The van der Waals surface area contributed by atoms with E-state index in [1.54, 1.807) is 24.3 Å². The van der Waals surface area contributed by atoms with Gasteiger partial charge in [0.2, 0.25) is 0 Å². The Bertz CT molecular complexity index is 978. The van der Waals surface area contributed by atoms with Gasteiger partial charge in [-0.25, -0.2) is 0 Å². The van der Waals surface area contributed by atoms with Crippen molar-refractivity contribution in [1.29, 1.82) is 0 Å². The van der Waals surface area contributed by atoms with Crippen LogP contribution < -0.4 is 15.6 Å². The van der Waals surface area contributed by atoms with E-state index in [2.05, 4.69) is 15.8 Å². The number of hydrogen-bond acceptors (Lipinski definition) is 4. The molecule has 2 aromatic carbocycles. The number of hydrogen-bond donors (Lipinski definition) is 3. The van der Waals surface area contributed by atoms with Crippen LogP contribution >= 0.6 is 0 Å². The summed E-state index contributed by atoms with van der Waals surface area (Å²) in [5.74, 6) is -0.393. The number of ketones is 1. The number of carbonyl (C=O) groups is 3. The van der Waals surface area contributed by atoms with Gasteiger partial charge < -0.3 is 9.72 Å². The van der Waals surface area contributed by atoms with Crippen molar-refractivity contribution in [2.24, 2.45) is 0 Å². The Morgan fingerprint density at radius 3 is 2.21 bits per heavy atom. The second kappa shape index (κ2) is 8.68.